The van der Waals surface area contributed by atoms with Crippen LogP contribution in [-0.2, 0) is 19.4 Å². The van der Waals surface area contributed by atoms with E-state index in [9.17, 15) is 18.0 Å². The van der Waals surface area contributed by atoms with Gasteiger partial charge in [-0.15, -0.1) is 11.3 Å². The minimum atomic E-state index is -3.10. The van der Waals surface area contributed by atoms with Gasteiger partial charge in [-0.25, -0.2) is 8.42 Å². The number of amides is 2. The standard InChI is InChI=1S/C17H20N2O4S4/c1-3-18(12-6-8-27(22,23)10-12)15(20)11(2)19-16(21)14(26-17(19)24)9-13-5-4-7-25-13/h4-5,7,9,11-12H,3,6,8,10H2,1-2H3/b14-9-/t11-,12+/m0/s1. The van der Waals surface area contributed by atoms with E-state index >= 15 is 0 Å². The molecule has 10 heteroatoms. The van der Waals surface area contributed by atoms with E-state index in [2.05, 4.69) is 0 Å². The van der Waals surface area contributed by atoms with Crippen LogP contribution in [-0.4, -0.2) is 64.5 Å². The molecule has 27 heavy (non-hydrogen) atoms. The van der Waals surface area contributed by atoms with E-state index in [1.165, 1.54) is 28.0 Å². The van der Waals surface area contributed by atoms with E-state index in [0.717, 1.165) is 4.88 Å². The fourth-order valence-electron chi connectivity index (χ4n) is 3.28. The summed E-state index contributed by atoms with van der Waals surface area (Å²) in [5.41, 5.74) is 0. The van der Waals surface area contributed by atoms with Gasteiger partial charge in [-0.2, -0.15) is 0 Å². The molecule has 2 aliphatic heterocycles. The van der Waals surface area contributed by atoms with Crippen LogP contribution in [0.3, 0.4) is 0 Å². The zero-order chi connectivity index (χ0) is 19.8. The largest absolute Gasteiger partial charge is 0.337 e. The van der Waals surface area contributed by atoms with Crippen molar-refractivity contribution >= 4 is 67.4 Å². The lowest BCUT2D eigenvalue weighted by molar-refractivity contribution is -0.140. The van der Waals surface area contributed by atoms with Crippen molar-refractivity contribution in [1.29, 1.82) is 0 Å². The van der Waals surface area contributed by atoms with E-state index in [1.54, 1.807) is 17.9 Å². The number of thiocarbonyl (C=S) groups is 1. The average Bonchev–Trinajstić information content (AvgIpc) is 3.30. The molecular formula is C17H20N2O4S4. The van der Waals surface area contributed by atoms with Crippen molar-refractivity contribution in [3.8, 4) is 0 Å². The van der Waals surface area contributed by atoms with Gasteiger partial charge in [0.1, 0.15) is 10.4 Å². The number of carbonyl (C=O) groups excluding carboxylic acids is 2. The first kappa shape index (κ1) is 20.5. The number of thiophene rings is 1. The molecule has 3 heterocycles. The molecule has 0 spiro atoms. The van der Waals surface area contributed by atoms with Gasteiger partial charge < -0.3 is 4.90 Å². The van der Waals surface area contributed by atoms with Crippen LogP contribution >= 0.6 is 35.3 Å². The molecule has 2 saturated heterocycles. The molecular weight excluding hydrogens is 424 g/mol. The molecule has 0 radical (unpaired) electrons. The van der Waals surface area contributed by atoms with Gasteiger partial charge >= 0.3 is 0 Å². The third kappa shape index (κ3) is 4.28. The second-order valence-electron chi connectivity index (χ2n) is 6.42. The fraction of sp³-hybridized carbons (Fsp3) is 0.471. The molecule has 1 aromatic heterocycles. The van der Waals surface area contributed by atoms with Gasteiger partial charge in [0.15, 0.2) is 9.84 Å². The summed E-state index contributed by atoms with van der Waals surface area (Å²) in [6.07, 6.45) is 2.22. The second kappa shape index (κ2) is 8.02. The summed E-state index contributed by atoms with van der Waals surface area (Å²) in [4.78, 5) is 30.2. The number of rotatable bonds is 5. The number of thioether (sulfide) groups is 1. The molecule has 1 aromatic rings. The van der Waals surface area contributed by atoms with Crippen LogP contribution in [0.1, 0.15) is 25.1 Å². The smallest absolute Gasteiger partial charge is 0.266 e. The Morgan fingerprint density at radius 2 is 2.26 bits per heavy atom. The molecule has 2 fully saturated rings. The van der Waals surface area contributed by atoms with Crippen molar-refractivity contribution < 1.29 is 18.0 Å². The van der Waals surface area contributed by atoms with Crippen molar-refractivity contribution in [2.75, 3.05) is 18.1 Å². The number of hydrogen-bond donors (Lipinski definition) is 0. The summed E-state index contributed by atoms with van der Waals surface area (Å²) in [6.45, 7) is 3.85. The zero-order valence-electron chi connectivity index (χ0n) is 15.0. The molecule has 2 atom stereocenters. The van der Waals surface area contributed by atoms with Gasteiger partial charge in [0.05, 0.1) is 16.4 Å². The summed E-state index contributed by atoms with van der Waals surface area (Å²) in [5, 5.41) is 1.92. The van der Waals surface area contributed by atoms with Gasteiger partial charge in [-0.3, -0.25) is 14.5 Å². The summed E-state index contributed by atoms with van der Waals surface area (Å²) >= 11 is 8.05. The third-order valence-corrected chi connectivity index (χ3v) is 8.56. The van der Waals surface area contributed by atoms with E-state index in [0.29, 0.717) is 22.2 Å². The maximum Gasteiger partial charge on any atom is 0.266 e. The highest BCUT2D eigenvalue weighted by atomic mass is 32.2. The SMILES string of the molecule is CCN(C(=O)[C@H](C)N1C(=O)/C(=C/c2cccs2)SC1=S)[C@@H]1CCS(=O)(=O)C1. The van der Waals surface area contributed by atoms with Crippen LogP contribution in [0.25, 0.3) is 6.08 Å². The minimum absolute atomic E-state index is 0.0179. The van der Waals surface area contributed by atoms with Crippen molar-refractivity contribution in [3.05, 3.63) is 27.3 Å². The molecule has 2 aliphatic rings. The highest BCUT2D eigenvalue weighted by molar-refractivity contribution is 8.26. The minimum Gasteiger partial charge on any atom is -0.337 e. The van der Waals surface area contributed by atoms with Crippen LogP contribution in [0, 0.1) is 0 Å². The summed E-state index contributed by atoms with van der Waals surface area (Å²) < 4.78 is 23.9. The molecule has 6 nitrogen and oxygen atoms in total. The highest BCUT2D eigenvalue weighted by Crippen LogP contribution is 2.35. The molecule has 0 aromatic carbocycles. The Morgan fingerprint density at radius 1 is 1.52 bits per heavy atom. The fourth-order valence-corrected chi connectivity index (χ4v) is 7.15. The van der Waals surface area contributed by atoms with Crippen molar-refractivity contribution in [2.24, 2.45) is 0 Å². The quantitative estimate of drug-likeness (QED) is 0.513. The Bertz CT molecular complexity index is 892. The van der Waals surface area contributed by atoms with E-state index in [4.69, 9.17) is 12.2 Å². The third-order valence-electron chi connectivity index (χ3n) is 4.66. The summed E-state index contributed by atoms with van der Waals surface area (Å²) in [7, 11) is -3.10. The van der Waals surface area contributed by atoms with Gasteiger partial charge in [-0.1, -0.05) is 30.0 Å². The average molecular weight is 445 g/mol. The first-order chi connectivity index (χ1) is 12.7. The molecule has 0 saturated carbocycles. The molecule has 2 amide bonds. The van der Waals surface area contributed by atoms with E-state index in [1.807, 2.05) is 24.4 Å². The van der Waals surface area contributed by atoms with Crippen LogP contribution in [0.2, 0.25) is 0 Å². The number of carbonyl (C=O) groups is 2. The Kier molecular flexibility index (Phi) is 6.09. The predicted molar refractivity (Wildman–Crippen MR) is 113 cm³/mol. The predicted octanol–water partition coefficient (Wildman–Crippen LogP) is 2.37. The molecule has 0 bridgehead atoms. The Hall–Kier alpha value is -1.23. The maximum atomic E-state index is 13.0. The lowest BCUT2D eigenvalue weighted by Gasteiger charge is -2.32. The zero-order valence-corrected chi connectivity index (χ0v) is 18.2. The normalized spacial score (nSPS) is 24.6. The van der Waals surface area contributed by atoms with Crippen LogP contribution < -0.4 is 0 Å². The van der Waals surface area contributed by atoms with Crippen molar-refractivity contribution in [3.63, 3.8) is 0 Å². The molecule has 0 aliphatic carbocycles. The molecule has 146 valence electrons. The van der Waals surface area contributed by atoms with Gasteiger partial charge in [0, 0.05) is 17.5 Å². The number of sulfone groups is 1. The van der Waals surface area contributed by atoms with E-state index in [-0.39, 0.29) is 29.4 Å². The number of nitrogens with zero attached hydrogens (tertiary/aromatic N) is 2. The summed E-state index contributed by atoms with van der Waals surface area (Å²) in [6, 6.07) is 2.70. The molecule has 3 rings (SSSR count). The monoisotopic (exact) mass is 444 g/mol. The van der Waals surface area contributed by atoms with Gasteiger partial charge in [0.25, 0.3) is 5.91 Å². The maximum absolute atomic E-state index is 13.0. The van der Waals surface area contributed by atoms with Crippen molar-refractivity contribution in [2.45, 2.75) is 32.4 Å². The Balaban J connectivity index is 1.77. The molecule has 0 N–H and O–H groups in total. The topological polar surface area (TPSA) is 74.8 Å². The van der Waals surface area contributed by atoms with E-state index < -0.39 is 15.9 Å². The Labute approximate surface area is 172 Å². The first-order valence-electron chi connectivity index (χ1n) is 8.55. The molecule has 0 unspecified atom stereocenters. The second-order valence-corrected chi connectivity index (χ2v) is 11.3. The Morgan fingerprint density at radius 3 is 2.81 bits per heavy atom. The van der Waals surface area contributed by atoms with Gasteiger partial charge in [-0.05, 0) is 37.8 Å². The number of hydrogen-bond acceptors (Lipinski definition) is 7. The van der Waals surface area contributed by atoms with Crippen LogP contribution in [0.15, 0.2) is 22.4 Å². The van der Waals surface area contributed by atoms with Gasteiger partial charge in [0.2, 0.25) is 5.91 Å². The first-order valence-corrected chi connectivity index (χ1v) is 12.5. The lowest BCUT2D eigenvalue weighted by atomic mass is 10.1. The van der Waals surface area contributed by atoms with Crippen LogP contribution in [0.5, 0.6) is 0 Å². The highest BCUT2D eigenvalue weighted by Gasteiger charge is 2.42. The number of likely N-dealkylation sites (N-methyl/N-ethyl adjacent to an activating group) is 1. The lowest BCUT2D eigenvalue weighted by Crippen LogP contribution is -2.52. The van der Waals surface area contributed by atoms with Crippen molar-refractivity contribution in [1.82, 2.24) is 9.80 Å². The van der Waals surface area contributed by atoms with Crippen LogP contribution in [0.4, 0.5) is 0 Å². The summed E-state index contributed by atoms with van der Waals surface area (Å²) in [5.74, 6) is -0.473.